The van der Waals surface area contributed by atoms with Crippen molar-refractivity contribution in [1.82, 2.24) is 0 Å². The standard InChI is InChI=1S/C17H13ClN2O3S/c1-10-4-7-15(24-10)17(22)19-12-6-5-11(18)9-13(12)20-16(21)14-3-2-8-23-14/h2-9H,1H3,(H,19,22)(H,20,21). The summed E-state index contributed by atoms with van der Waals surface area (Å²) in [5.41, 5.74) is 0.848. The minimum Gasteiger partial charge on any atom is -0.459 e. The summed E-state index contributed by atoms with van der Waals surface area (Å²) in [6, 6.07) is 11.6. The highest BCUT2D eigenvalue weighted by atomic mass is 35.5. The van der Waals surface area contributed by atoms with Crippen LogP contribution in [-0.4, -0.2) is 11.8 Å². The first-order valence-electron chi connectivity index (χ1n) is 7.05. The van der Waals surface area contributed by atoms with Gasteiger partial charge in [-0.1, -0.05) is 11.6 Å². The van der Waals surface area contributed by atoms with Gasteiger partial charge in [0.05, 0.1) is 22.5 Å². The number of carbonyl (C=O) groups excluding carboxylic acids is 2. The van der Waals surface area contributed by atoms with E-state index in [4.69, 9.17) is 16.0 Å². The van der Waals surface area contributed by atoms with E-state index in [0.717, 1.165) is 4.88 Å². The number of anilines is 2. The van der Waals surface area contributed by atoms with Crippen LogP contribution >= 0.6 is 22.9 Å². The molecule has 0 fully saturated rings. The average molecular weight is 361 g/mol. The van der Waals surface area contributed by atoms with E-state index in [9.17, 15) is 9.59 Å². The van der Waals surface area contributed by atoms with Gasteiger partial charge in [0.2, 0.25) is 0 Å². The van der Waals surface area contributed by atoms with Gasteiger partial charge in [-0.2, -0.15) is 0 Å². The molecule has 24 heavy (non-hydrogen) atoms. The molecule has 5 nitrogen and oxygen atoms in total. The molecule has 0 atom stereocenters. The SMILES string of the molecule is Cc1ccc(C(=O)Nc2ccc(Cl)cc2NC(=O)c2ccco2)s1. The topological polar surface area (TPSA) is 71.3 Å². The maximum Gasteiger partial charge on any atom is 0.291 e. The zero-order chi connectivity index (χ0) is 17.1. The predicted octanol–water partition coefficient (Wildman–Crippen LogP) is 4.81. The normalized spacial score (nSPS) is 10.4. The maximum atomic E-state index is 12.3. The summed E-state index contributed by atoms with van der Waals surface area (Å²) in [7, 11) is 0. The van der Waals surface area contributed by atoms with Gasteiger partial charge < -0.3 is 15.1 Å². The summed E-state index contributed by atoms with van der Waals surface area (Å²) < 4.78 is 5.06. The molecule has 0 saturated heterocycles. The number of furan rings is 1. The number of carbonyl (C=O) groups is 2. The third kappa shape index (κ3) is 3.67. The molecule has 2 heterocycles. The van der Waals surface area contributed by atoms with Crippen molar-refractivity contribution in [3.05, 3.63) is 69.3 Å². The van der Waals surface area contributed by atoms with Crippen LogP contribution in [-0.2, 0) is 0 Å². The minimum atomic E-state index is -0.426. The molecule has 7 heteroatoms. The molecule has 3 rings (SSSR count). The largest absolute Gasteiger partial charge is 0.459 e. The van der Waals surface area contributed by atoms with Gasteiger partial charge in [-0.3, -0.25) is 9.59 Å². The highest BCUT2D eigenvalue weighted by Crippen LogP contribution is 2.27. The number of halogens is 1. The molecule has 0 unspecified atom stereocenters. The van der Waals surface area contributed by atoms with Crippen LogP contribution in [0.25, 0.3) is 0 Å². The average Bonchev–Trinajstić information content (AvgIpc) is 3.21. The van der Waals surface area contributed by atoms with E-state index in [1.54, 1.807) is 36.4 Å². The van der Waals surface area contributed by atoms with Crippen LogP contribution in [0.15, 0.2) is 53.1 Å². The monoisotopic (exact) mass is 360 g/mol. The number of aryl methyl sites for hydroxylation is 1. The number of hydrogen-bond donors (Lipinski definition) is 2. The first-order chi connectivity index (χ1) is 11.5. The smallest absolute Gasteiger partial charge is 0.291 e. The Labute approximate surface area is 147 Å². The van der Waals surface area contributed by atoms with Crippen molar-refractivity contribution < 1.29 is 14.0 Å². The van der Waals surface area contributed by atoms with Gasteiger partial charge in [0, 0.05) is 9.90 Å². The molecule has 2 aromatic heterocycles. The van der Waals surface area contributed by atoms with Gasteiger partial charge in [0.15, 0.2) is 5.76 Å². The first kappa shape index (κ1) is 16.3. The van der Waals surface area contributed by atoms with Gasteiger partial charge in [-0.15, -0.1) is 11.3 Å². The highest BCUT2D eigenvalue weighted by molar-refractivity contribution is 7.14. The molecule has 0 radical (unpaired) electrons. The van der Waals surface area contributed by atoms with Crippen LogP contribution in [0.5, 0.6) is 0 Å². The Morgan fingerprint density at radius 2 is 1.83 bits per heavy atom. The lowest BCUT2D eigenvalue weighted by Crippen LogP contribution is -2.15. The van der Waals surface area contributed by atoms with Crippen molar-refractivity contribution in [2.24, 2.45) is 0 Å². The molecule has 3 aromatic rings. The number of thiophene rings is 1. The molecule has 122 valence electrons. The van der Waals surface area contributed by atoms with Crippen LogP contribution in [0.4, 0.5) is 11.4 Å². The molecule has 1 aromatic carbocycles. The fraction of sp³-hybridized carbons (Fsp3) is 0.0588. The number of hydrogen-bond acceptors (Lipinski definition) is 4. The lowest BCUT2D eigenvalue weighted by atomic mass is 10.2. The fourth-order valence-electron chi connectivity index (χ4n) is 2.06. The summed E-state index contributed by atoms with van der Waals surface area (Å²) in [6.07, 6.45) is 1.41. The Bertz CT molecular complexity index is 887. The molecule has 0 spiro atoms. The third-order valence-electron chi connectivity index (χ3n) is 3.19. The van der Waals surface area contributed by atoms with Crippen LogP contribution in [0.2, 0.25) is 5.02 Å². The second kappa shape index (κ2) is 6.90. The van der Waals surface area contributed by atoms with Crippen LogP contribution < -0.4 is 10.6 Å². The van der Waals surface area contributed by atoms with E-state index < -0.39 is 5.91 Å². The summed E-state index contributed by atoms with van der Waals surface area (Å²) >= 11 is 7.39. The van der Waals surface area contributed by atoms with Crippen molar-refractivity contribution in [2.45, 2.75) is 6.92 Å². The van der Waals surface area contributed by atoms with E-state index in [1.807, 2.05) is 13.0 Å². The Kier molecular flexibility index (Phi) is 4.69. The van der Waals surface area contributed by atoms with E-state index in [0.29, 0.717) is 21.3 Å². The first-order valence-corrected chi connectivity index (χ1v) is 8.24. The number of amides is 2. The molecule has 0 saturated carbocycles. The van der Waals surface area contributed by atoms with Crippen molar-refractivity contribution in [2.75, 3.05) is 10.6 Å². The number of nitrogens with one attached hydrogen (secondary N) is 2. The predicted molar refractivity (Wildman–Crippen MR) is 95.1 cm³/mol. The lowest BCUT2D eigenvalue weighted by Gasteiger charge is -2.11. The Morgan fingerprint density at radius 3 is 2.50 bits per heavy atom. The van der Waals surface area contributed by atoms with E-state index in [-0.39, 0.29) is 11.7 Å². The Hall–Kier alpha value is -2.57. The minimum absolute atomic E-state index is 0.168. The second-order valence-corrected chi connectivity index (χ2v) is 6.71. The van der Waals surface area contributed by atoms with Crippen molar-refractivity contribution in [3.63, 3.8) is 0 Å². The molecule has 0 aliphatic carbocycles. The summed E-state index contributed by atoms with van der Waals surface area (Å²) in [5.74, 6) is -0.505. The molecule has 0 aliphatic rings. The zero-order valence-electron chi connectivity index (χ0n) is 12.6. The lowest BCUT2D eigenvalue weighted by molar-refractivity contribution is 0.0993. The molecular weight excluding hydrogens is 348 g/mol. The molecule has 2 amide bonds. The van der Waals surface area contributed by atoms with Gasteiger partial charge >= 0.3 is 0 Å². The maximum absolute atomic E-state index is 12.3. The van der Waals surface area contributed by atoms with Gasteiger partial charge in [0.1, 0.15) is 0 Å². The second-order valence-electron chi connectivity index (χ2n) is 4.99. The number of rotatable bonds is 4. The zero-order valence-corrected chi connectivity index (χ0v) is 14.2. The van der Waals surface area contributed by atoms with Crippen molar-refractivity contribution >= 4 is 46.1 Å². The summed E-state index contributed by atoms with van der Waals surface area (Å²) in [4.78, 5) is 26.1. The molecule has 0 bridgehead atoms. The third-order valence-corrected chi connectivity index (χ3v) is 4.42. The van der Waals surface area contributed by atoms with Gasteiger partial charge in [-0.25, -0.2) is 0 Å². The van der Waals surface area contributed by atoms with Gasteiger partial charge in [0.25, 0.3) is 11.8 Å². The van der Waals surface area contributed by atoms with Crippen LogP contribution in [0.1, 0.15) is 25.1 Å². The van der Waals surface area contributed by atoms with E-state index >= 15 is 0 Å². The Morgan fingerprint density at radius 1 is 1.04 bits per heavy atom. The molecule has 2 N–H and O–H groups in total. The fourth-order valence-corrected chi connectivity index (χ4v) is 3.00. The van der Waals surface area contributed by atoms with Crippen molar-refractivity contribution in [1.29, 1.82) is 0 Å². The van der Waals surface area contributed by atoms with Gasteiger partial charge in [-0.05, 0) is 49.4 Å². The van der Waals surface area contributed by atoms with Crippen LogP contribution in [0, 0.1) is 6.92 Å². The molecular formula is C17H13ClN2O3S. The highest BCUT2D eigenvalue weighted by Gasteiger charge is 2.15. The van der Waals surface area contributed by atoms with Crippen LogP contribution in [0.3, 0.4) is 0 Å². The summed E-state index contributed by atoms with van der Waals surface area (Å²) in [6.45, 7) is 1.93. The number of benzene rings is 1. The quantitative estimate of drug-likeness (QED) is 0.701. The van der Waals surface area contributed by atoms with E-state index in [1.165, 1.54) is 17.6 Å². The Balaban J connectivity index is 1.83. The molecule has 0 aliphatic heterocycles. The van der Waals surface area contributed by atoms with E-state index in [2.05, 4.69) is 10.6 Å². The summed E-state index contributed by atoms with van der Waals surface area (Å²) in [5, 5.41) is 5.91. The van der Waals surface area contributed by atoms with Crippen molar-refractivity contribution in [3.8, 4) is 0 Å².